The second-order valence-corrected chi connectivity index (χ2v) is 15.9. The maximum Gasteiger partial charge on any atom is 0.164 e. The number of benzene rings is 9. The predicted octanol–water partition coefficient (Wildman–Crippen LogP) is 13.5. The Balaban J connectivity index is 1.00. The van der Waals surface area contributed by atoms with Gasteiger partial charge >= 0.3 is 0 Å². The van der Waals surface area contributed by atoms with Gasteiger partial charge in [0, 0.05) is 33.2 Å². The summed E-state index contributed by atoms with van der Waals surface area (Å²) in [6, 6.07) is 74.5. The van der Waals surface area contributed by atoms with Crippen LogP contribution in [0, 0.1) is 0 Å². The van der Waals surface area contributed by atoms with E-state index < -0.39 is 5.41 Å². The van der Waals surface area contributed by atoms with Crippen molar-refractivity contribution in [2.45, 2.75) is 5.41 Å². The Morgan fingerprint density at radius 1 is 0.317 bits per heavy atom. The van der Waals surface area contributed by atoms with Crippen molar-refractivity contribution in [1.29, 1.82) is 0 Å². The minimum Gasteiger partial charge on any atom is -0.309 e. The largest absolute Gasteiger partial charge is 0.309 e. The zero-order valence-corrected chi connectivity index (χ0v) is 32.4. The lowest BCUT2D eigenvalue weighted by Crippen LogP contribution is -2.25. The highest BCUT2D eigenvalue weighted by atomic mass is 15.0. The lowest BCUT2D eigenvalue weighted by atomic mass is 9.70. The normalized spacial score (nSPS) is 13.1. The van der Waals surface area contributed by atoms with Crippen LogP contribution in [0.15, 0.2) is 206 Å². The van der Waals surface area contributed by atoms with Crippen LogP contribution in [0.5, 0.6) is 0 Å². The molecule has 0 bridgehead atoms. The maximum absolute atomic E-state index is 5.01. The van der Waals surface area contributed by atoms with Gasteiger partial charge in [0.2, 0.25) is 0 Å². The third-order valence-corrected chi connectivity index (χ3v) is 12.8. The van der Waals surface area contributed by atoms with E-state index in [1.54, 1.807) is 0 Å². The molecule has 2 aliphatic carbocycles. The summed E-state index contributed by atoms with van der Waals surface area (Å²) in [6.45, 7) is 0. The number of para-hydroxylation sites is 1. The maximum atomic E-state index is 5.01. The van der Waals surface area contributed by atoms with E-state index in [2.05, 4.69) is 150 Å². The molecule has 9 aromatic carbocycles. The molecule has 2 heterocycles. The molecule has 0 amide bonds. The van der Waals surface area contributed by atoms with Crippen LogP contribution in [0.25, 0.3) is 94.7 Å². The molecule has 0 fully saturated rings. The van der Waals surface area contributed by atoms with E-state index in [0.29, 0.717) is 17.5 Å². The molecule has 0 unspecified atom stereocenters. The molecule has 0 N–H and O–H groups in total. The molecule has 0 saturated heterocycles. The van der Waals surface area contributed by atoms with Crippen LogP contribution in [0.4, 0.5) is 0 Å². The van der Waals surface area contributed by atoms with Gasteiger partial charge in [0.15, 0.2) is 17.5 Å². The molecule has 1 spiro atoms. The fourth-order valence-corrected chi connectivity index (χ4v) is 10.3. The lowest BCUT2D eigenvalue weighted by molar-refractivity contribution is 0.794. The molecule has 2 aromatic heterocycles. The molecule has 60 heavy (non-hydrogen) atoms. The first-order valence-electron chi connectivity index (χ1n) is 20.5. The molecule has 0 saturated carbocycles. The number of hydrogen-bond acceptors (Lipinski definition) is 3. The summed E-state index contributed by atoms with van der Waals surface area (Å²) < 4.78 is 2.46. The molecule has 4 heteroatoms. The van der Waals surface area contributed by atoms with Crippen molar-refractivity contribution in [1.82, 2.24) is 19.5 Å². The summed E-state index contributed by atoms with van der Waals surface area (Å²) in [5.74, 6) is 1.96. The van der Waals surface area contributed by atoms with E-state index in [0.717, 1.165) is 33.2 Å². The Morgan fingerprint density at radius 2 is 0.817 bits per heavy atom. The van der Waals surface area contributed by atoms with Crippen LogP contribution in [0.1, 0.15) is 22.3 Å². The van der Waals surface area contributed by atoms with Gasteiger partial charge in [0.1, 0.15) is 0 Å². The second-order valence-electron chi connectivity index (χ2n) is 15.9. The smallest absolute Gasteiger partial charge is 0.164 e. The first-order valence-corrected chi connectivity index (χ1v) is 20.5. The molecule has 278 valence electrons. The van der Waals surface area contributed by atoms with E-state index in [4.69, 9.17) is 15.0 Å². The van der Waals surface area contributed by atoms with Crippen molar-refractivity contribution >= 4 is 32.6 Å². The minimum absolute atomic E-state index is 0.413. The van der Waals surface area contributed by atoms with Gasteiger partial charge in [0.25, 0.3) is 0 Å². The quantitative estimate of drug-likeness (QED) is 0.179. The highest BCUT2D eigenvalue weighted by molar-refractivity contribution is 6.12. The van der Waals surface area contributed by atoms with Gasteiger partial charge in [-0.15, -0.1) is 0 Å². The second kappa shape index (κ2) is 12.5. The topological polar surface area (TPSA) is 43.6 Å². The van der Waals surface area contributed by atoms with Crippen LogP contribution in [-0.4, -0.2) is 19.5 Å². The molecule has 0 aliphatic heterocycles. The van der Waals surface area contributed by atoms with Gasteiger partial charge in [-0.25, -0.2) is 15.0 Å². The van der Waals surface area contributed by atoms with E-state index >= 15 is 0 Å². The van der Waals surface area contributed by atoms with E-state index in [1.807, 2.05) is 60.7 Å². The Labute approximate surface area is 346 Å². The number of fused-ring (bicyclic) bond motifs is 14. The molecule has 0 atom stereocenters. The number of hydrogen-bond donors (Lipinski definition) is 0. The minimum atomic E-state index is -0.413. The van der Waals surface area contributed by atoms with Gasteiger partial charge < -0.3 is 4.57 Å². The fraction of sp³-hybridized carbons (Fsp3) is 0.0179. The summed E-state index contributed by atoms with van der Waals surface area (Å²) in [4.78, 5) is 14.9. The summed E-state index contributed by atoms with van der Waals surface area (Å²) in [5, 5.41) is 4.76. The van der Waals surface area contributed by atoms with E-state index in [1.165, 1.54) is 66.3 Å². The van der Waals surface area contributed by atoms with Crippen LogP contribution >= 0.6 is 0 Å². The van der Waals surface area contributed by atoms with Gasteiger partial charge in [-0.2, -0.15) is 0 Å². The first-order chi connectivity index (χ1) is 29.7. The summed E-state index contributed by atoms with van der Waals surface area (Å²) in [6.07, 6.45) is 0. The number of aromatic nitrogens is 4. The van der Waals surface area contributed by atoms with Gasteiger partial charge in [-0.3, -0.25) is 0 Å². The highest BCUT2D eigenvalue weighted by Crippen LogP contribution is 2.63. The first kappa shape index (κ1) is 33.1. The monoisotopic (exact) mass is 762 g/mol. The Morgan fingerprint density at radius 3 is 1.45 bits per heavy atom. The lowest BCUT2D eigenvalue weighted by Gasteiger charge is -2.30. The van der Waals surface area contributed by atoms with Gasteiger partial charge in [-0.05, 0) is 91.7 Å². The zero-order valence-electron chi connectivity index (χ0n) is 32.4. The predicted molar refractivity (Wildman–Crippen MR) is 244 cm³/mol. The van der Waals surface area contributed by atoms with E-state index in [9.17, 15) is 0 Å². The van der Waals surface area contributed by atoms with Crippen LogP contribution < -0.4 is 0 Å². The third kappa shape index (κ3) is 4.59. The molecular formula is C56H34N4. The Kier molecular flexibility index (Phi) is 6.90. The SMILES string of the molecule is c1ccc(-c2nc(-c3ccccc3)nc(-c3ccc4cc(-n5c6ccccc6c6cc7c(cc65)C5(c6ccccc6-c6ccccc65)c5ccccc5-7)ccc4c3)n2)cc1. The van der Waals surface area contributed by atoms with Crippen molar-refractivity contribution < 1.29 is 0 Å². The van der Waals surface area contributed by atoms with E-state index in [-0.39, 0.29) is 0 Å². The van der Waals surface area contributed by atoms with Crippen molar-refractivity contribution in [3.63, 3.8) is 0 Å². The van der Waals surface area contributed by atoms with Crippen LogP contribution in [-0.2, 0) is 5.41 Å². The van der Waals surface area contributed by atoms with Crippen LogP contribution in [0.3, 0.4) is 0 Å². The molecule has 0 radical (unpaired) electrons. The Hall–Kier alpha value is -7.95. The fourth-order valence-electron chi connectivity index (χ4n) is 10.3. The van der Waals surface area contributed by atoms with Gasteiger partial charge in [0.05, 0.1) is 16.4 Å². The van der Waals surface area contributed by atoms with Crippen molar-refractivity contribution in [3.05, 3.63) is 229 Å². The third-order valence-electron chi connectivity index (χ3n) is 12.8. The molecule has 11 aromatic rings. The van der Waals surface area contributed by atoms with Crippen LogP contribution in [0.2, 0.25) is 0 Å². The summed E-state index contributed by atoms with van der Waals surface area (Å²) in [7, 11) is 0. The standard InChI is InChI=1S/C56H34N4/c1-3-15-35(16-4-1)53-57-54(36-17-5-2-6-18-36)59-55(58-53)39-28-27-38-32-40(30-29-37(38)31-39)60-51-26-14-10-22-44(51)46-33-45-43-21-9-13-25-49(43)56(50(45)34-52(46)60)47-23-11-7-19-41(47)42-20-8-12-24-48(42)56/h1-34H. The van der Waals surface area contributed by atoms with Gasteiger partial charge in [-0.1, -0.05) is 170 Å². The number of nitrogens with zero attached hydrogens (tertiary/aromatic N) is 4. The highest BCUT2D eigenvalue weighted by Gasteiger charge is 2.51. The Bertz CT molecular complexity index is 3440. The van der Waals surface area contributed by atoms with Crippen molar-refractivity contribution in [2.24, 2.45) is 0 Å². The average molecular weight is 763 g/mol. The molecule has 4 nitrogen and oxygen atoms in total. The molecule has 13 rings (SSSR count). The number of rotatable bonds is 4. The van der Waals surface area contributed by atoms with Crippen molar-refractivity contribution in [2.75, 3.05) is 0 Å². The summed E-state index contributed by atoms with van der Waals surface area (Å²) >= 11 is 0. The average Bonchev–Trinajstić information content (AvgIpc) is 3.92. The molecule has 2 aliphatic rings. The van der Waals surface area contributed by atoms with Crippen molar-refractivity contribution in [3.8, 4) is 62.1 Å². The summed E-state index contributed by atoms with van der Waals surface area (Å²) in [5.41, 5.74) is 16.6. The molecular weight excluding hydrogens is 729 g/mol. The zero-order chi connectivity index (χ0) is 39.4.